The minimum absolute atomic E-state index is 0.181. The lowest BCUT2D eigenvalue weighted by atomic mass is 10.1. The number of para-hydroxylation sites is 1. The van der Waals surface area contributed by atoms with Gasteiger partial charge in [-0.2, -0.15) is 0 Å². The van der Waals surface area contributed by atoms with Crippen molar-refractivity contribution in [3.8, 4) is 5.75 Å². The summed E-state index contributed by atoms with van der Waals surface area (Å²) in [6, 6.07) is 14.8. The van der Waals surface area contributed by atoms with Gasteiger partial charge in [0.25, 0.3) is 5.91 Å². The Morgan fingerprint density at radius 1 is 0.964 bits per heavy atom. The lowest BCUT2D eigenvalue weighted by Crippen LogP contribution is -2.52. The van der Waals surface area contributed by atoms with Crippen LogP contribution in [0.1, 0.15) is 6.42 Å². The molecule has 0 unspecified atom stereocenters. The Morgan fingerprint density at radius 3 is 2.32 bits per heavy atom. The number of imide groups is 1. The molecule has 2 heterocycles. The predicted octanol–water partition coefficient (Wildman–Crippen LogP) is 2.80. The summed E-state index contributed by atoms with van der Waals surface area (Å²) in [7, 11) is 1.53. The van der Waals surface area contributed by atoms with Crippen LogP contribution >= 0.6 is 11.6 Å². The van der Waals surface area contributed by atoms with Gasteiger partial charge in [0.15, 0.2) is 0 Å². The summed E-state index contributed by atoms with van der Waals surface area (Å²) in [5.74, 6) is 0.138. The van der Waals surface area contributed by atoms with E-state index in [0.717, 1.165) is 26.2 Å². The maximum absolute atomic E-state index is 13.0. The van der Waals surface area contributed by atoms with Crippen molar-refractivity contribution in [1.82, 2.24) is 4.90 Å². The van der Waals surface area contributed by atoms with Crippen molar-refractivity contribution in [2.24, 2.45) is 0 Å². The van der Waals surface area contributed by atoms with E-state index in [-0.39, 0.29) is 18.2 Å². The lowest BCUT2D eigenvalue weighted by Gasteiger charge is -2.38. The van der Waals surface area contributed by atoms with Crippen LogP contribution in [0.5, 0.6) is 5.75 Å². The Hall–Kier alpha value is -2.57. The largest absolute Gasteiger partial charge is 0.495 e. The molecule has 6 nitrogen and oxygen atoms in total. The zero-order valence-corrected chi connectivity index (χ0v) is 16.4. The molecule has 4 rings (SSSR count). The van der Waals surface area contributed by atoms with E-state index in [1.807, 2.05) is 18.2 Å². The maximum Gasteiger partial charge on any atom is 0.251 e. The van der Waals surface area contributed by atoms with Crippen LogP contribution in [0.25, 0.3) is 0 Å². The van der Waals surface area contributed by atoms with Gasteiger partial charge < -0.3 is 9.64 Å². The third kappa shape index (κ3) is 3.45. The topological polar surface area (TPSA) is 53.1 Å². The number of carbonyl (C=O) groups excluding carboxylic acids is 2. The van der Waals surface area contributed by atoms with Crippen LogP contribution < -0.4 is 14.5 Å². The number of nitrogens with zero attached hydrogens (tertiary/aromatic N) is 3. The summed E-state index contributed by atoms with van der Waals surface area (Å²) in [5, 5.41) is 0.375. The van der Waals surface area contributed by atoms with Crippen molar-refractivity contribution in [3.05, 3.63) is 53.6 Å². The number of hydrogen-bond donors (Lipinski definition) is 0. The zero-order valence-electron chi connectivity index (χ0n) is 15.7. The average Bonchev–Trinajstić information content (AvgIpc) is 3.03. The molecule has 0 aromatic heterocycles. The van der Waals surface area contributed by atoms with Crippen molar-refractivity contribution in [2.45, 2.75) is 12.5 Å². The van der Waals surface area contributed by atoms with Gasteiger partial charge in [-0.25, -0.2) is 4.90 Å². The van der Waals surface area contributed by atoms with Crippen molar-refractivity contribution in [2.75, 3.05) is 43.1 Å². The molecule has 2 aromatic carbocycles. The minimum Gasteiger partial charge on any atom is -0.495 e. The summed E-state index contributed by atoms with van der Waals surface area (Å²) in [6.07, 6.45) is 0.202. The van der Waals surface area contributed by atoms with Crippen molar-refractivity contribution >= 4 is 34.8 Å². The number of methoxy groups -OCH3 is 1. The Labute approximate surface area is 169 Å². The fourth-order valence-electron chi connectivity index (χ4n) is 3.90. The third-order valence-corrected chi connectivity index (χ3v) is 5.69. The summed E-state index contributed by atoms with van der Waals surface area (Å²) >= 11 is 6.17. The van der Waals surface area contributed by atoms with Gasteiger partial charge in [0, 0.05) is 31.9 Å². The highest BCUT2D eigenvalue weighted by molar-refractivity contribution is 6.33. The van der Waals surface area contributed by atoms with Crippen molar-refractivity contribution in [1.29, 1.82) is 0 Å². The van der Waals surface area contributed by atoms with Crippen LogP contribution in [0.15, 0.2) is 48.5 Å². The van der Waals surface area contributed by atoms with Gasteiger partial charge in [-0.3, -0.25) is 14.5 Å². The van der Waals surface area contributed by atoms with E-state index in [4.69, 9.17) is 16.3 Å². The van der Waals surface area contributed by atoms with Crippen LogP contribution in [0.2, 0.25) is 5.02 Å². The molecule has 146 valence electrons. The zero-order chi connectivity index (χ0) is 19.7. The van der Waals surface area contributed by atoms with Crippen LogP contribution in [0.4, 0.5) is 11.4 Å². The SMILES string of the molecule is COc1ccc(N2C(=O)C[C@@H](N3CCN(c4ccccc4)CC3)C2=O)cc1Cl. The minimum atomic E-state index is -0.411. The molecule has 2 aromatic rings. The highest BCUT2D eigenvalue weighted by Gasteiger charge is 2.43. The Morgan fingerprint density at radius 2 is 1.68 bits per heavy atom. The first-order valence-corrected chi connectivity index (χ1v) is 9.70. The number of anilines is 2. The fourth-order valence-corrected chi connectivity index (χ4v) is 4.15. The van der Waals surface area contributed by atoms with E-state index < -0.39 is 6.04 Å². The maximum atomic E-state index is 13.0. The third-order valence-electron chi connectivity index (χ3n) is 5.39. The quantitative estimate of drug-likeness (QED) is 0.740. The Balaban J connectivity index is 1.45. The summed E-state index contributed by atoms with van der Waals surface area (Å²) in [4.78, 5) is 31.3. The summed E-state index contributed by atoms with van der Waals surface area (Å²) in [6.45, 7) is 3.15. The summed E-state index contributed by atoms with van der Waals surface area (Å²) in [5.41, 5.74) is 1.68. The number of amides is 2. The molecule has 0 N–H and O–H groups in total. The number of rotatable bonds is 4. The van der Waals surface area contributed by atoms with Crippen molar-refractivity contribution in [3.63, 3.8) is 0 Å². The first-order valence-electron chi connectivity index (χ1n) is 9.33. The first-order chi connectivity index (χ1) is 13.6. The van der Waals surface area contributed by atoms with Crippen LogP contribution in [-0.4, -0.2) is 56.0 Å². The van der Waals surface area contributed by atoms with Gasteiger partial charge in [-0.15, -0.1) is 0 Å². The Kier molecular flexibility index (Phi) is 5.24. The van der Waals surface area contributed by atoms with Gasteiger partial charge in [-0.1, -0.05) is 29.8 Å². The smallest absolute Gasteiger partial charge is 0.251 e. The van der Waals surface area contributed by atoms with Crippen LogP contribution in [0.3, 0.4) is 0 Å². The molecular weight excluding hydrogens is 378 g/mol. The molecular formula is C21H22ClN3O3. The number of piperazine rings is 1. The highest BCUT2D eigenvalue weighted by Crippen LogP contribution is 2.33. The number of halogens is 1. The van der Waals surface area contributed by atoms with Gasteiger partial charge in [0.05, 0.1) is 30.3 Å². The molecule has 2 aliphatic rings. The molecule has 0 bridgehead atoms. The van der Waals surface area contributed by atoms with E-state index in [2.05, 4.69) is 21.9 Å². The summed E-state index contributed by atoms with van der Waals surface area (Å²) < 4.78 is 5.15. The van der Waals surface area contributed by atoms with E-state index in [1.165, 1.54) is 17.7 Å². The van der Waals surface area contributed by atoms with Gasteiger partial charge in [-0.05, 0) is 30.3 Å². The monoisotopic (exact) mass is 399 g/mol. The second kappa shape index (κ2) is 7.81. The highest BCUT2D eigenvalue weighted by atomic mass is 35.5. The molecule has 2 amide bonds. The second-order valence-corrected chi connectivity index (χ2v) is 7.37. The average molecular weight is 400 g/mol. The molecule has 2 aliphatic heterocycles. The Bertz CT molecular complexity index is 882. The fraction of sp³-hybridized carbons (Fsp3) is 0.333. The predicted molar refractivity (Wildman–Crippen MR) is 109 cm³/mol. The second-order valence-electron chi connectivity index (χ2n) is 6.96. The van der Waals surface area contributed by atoms with Gasteiger partial charge >= 0.3 is 0 Å². The van der Waals surface area contributed by atoms with E-state index in [1.54, 1.807) is 18.2 Å². The van der Waals surface area contributed by atoms with Crippen LogP contribution in [0, 0.1) is 0 Å². The first kappa shape index (κ1) is 18.8. The molecule has 2 fully saturated rings. The van der Waals surface area contributed by atoms with Crippen molar-refractivity contribution < 1.29 is 14.3 Å². The number of benzene rings is 2. The number of carbonyl (C=O) groups is 2. The molecule has 1 atom stereocenters. The molecule has 28 heavy (non-hydrogen) atoms. The molecule has 0 radical (unpaired) electrons. The van der Waals surface area contributed by atoms with E-state index in [0.29, 0.717) is 16.5 Å². The molecule has 0 spiro atoms. The normalized spacial score (nSPS) is 20.7. The molecule has 0 saturated carbocycles. The van der Waals surface area contributed by atoms with E-state index in [9.17, 15) is 9.59 Å². The van der Waals surface area contributed by atoms with E-state index >= 15 is 0 Å². The standard InChI is InChI=1S/C21H22ClN3O3/c1-28-19-8-7-16(13-17(19)22)25-20(26)14-18(21(25)27)24-11-9-23(10-12-24)15-5-3-2-4-6-15/h2-8,13,18H,9-12,14H2,1H3/t18-/m1/s1. The lowest BCUT2D eigenvalue weighted by molar-refractivity contribution is -0.123. The number of hydrogen-bond acceptors (Lipinski definition) is 5. The van der Waals surface area contributed by atoms with Crippen LogP contribution in [-0.2, 0) is 9.59 Å². The molecule has 0 aliphatic carbocycles. The van der Waals surface area contributed by atoms with Gasteiger partial charge in [0.2, 0.25) is 5.91 Å². The molecule has 2 saturated heterocycles. The number of ether oxygens (including phenoxy) is 1. The molecule has 7 heteroatoms. The van der Waals surface area contributed by atoms with Gasteiger partial charge in [0.1, 0.15) is 5.75 Å².